The van der Waals surface area contributed by atoms with Gasteiger partial charge in [0.2, 0.25) is 0 Å². The molecule has 0 fully saturated rings. The number of aromatic nitrogens is 1. The van der Waals surface area contributed by atoms with Gasteiger partial charge in [0, 0.05) is 21.1 Å². The Hall–Kier alpha value is -3.71. The fourth-order valence-corrected chi connectivity index (χ4v) is 3.33. The second-order valence-corrected chi connectivity index (χ2v) is 7.98. The predicted molar refractivity (Wildman–Crippen MR) is 122 cm³/mol. The maximum Gasteiger partial charge on any atom is 0.283 e. The van der Waals surface area contributed by atoms with Crippen molar-refractivity contribution in [3.63, 3.8) is 0 Å². The Kier molecular flexibility index (Phi) is 6.90. The molecule has 0 bridgehead atoms. The lowest BCUT2D eigenvalue weighted by molar-refractivity contribution is -0.385. The van der Waals surface area contributed by atoms with Crippen LogP contribution in [0.4, 0.5) is 23.0 Å². The molecule has 0 aliphatic carbocycles. The first-order chi connectivity index (χ1) is 15.2. The highest BCUT2D eigenvalue weighted by molar-refractivity contribution is 9.10. The molecule has 13 heteroatoms. The minimum absolute atomic E-state index is 0.00956. The van der Waals surface area contributed by atoms with Gasteiger partial charge in [-0.1, -0.05) is 37.9 Å². The topological polar surface area (TPSA) is 157 Å². The van der Waals surface area contributed by atoms with Gasteiger partial charge in [0.25, 0.3) is 23.2 Å². The first kappa shape index (κ1) is 23.0. The molecule has 1 heterocycles. The van der Waals surface area contributed by atoms with Crippen molar-refractivity contribution in [3.8, 4) is 0 Å². The fraction of sp³-hybridized carbons (Fsp3) is 0. The van der Waals surface area contributed by atoms with Gasteiger partial charge in [-0.2, -0.15) is 0 Å². The van der Waals surface area contributed by atoms with Crippen LogP contribution in [0.5, 0.6) is 0 Å². The molecule has 0 aliphatic rings. The van der Waals surface area contributed by atoms with Crippen LogP contribution >= 0.6 is 31.9 Å². The smallest absolute Gasteiger partial charge is 0.283 e. The van der Waals surface area contributed by atoms with Gasteiger partial charge in [-0.15, -0.1) is 0 Å². The van der Waals surface area contributed by atoms with Crippen molar-refractivity contribution >= 4 is 66.7 Å². The van der Waals surface area contributed by atoms with Gasteiger partial charge in [0.05, 0.1) is 9.85 Å². The van der Waals surface area contributed by atoms with Crippen LogP contribution in [0.15, 0.2) is 63.5 Å². The number of pyridine rings is 1. The van der Waals surface area contributed by atoms with E-state index in [0.29, 0.717) is 8.95 Å². The zero-order chi connectivity index (χ0) is 23.4. The Morgan fingerprint density at radius 3 is 1.53 bits per heavy atom. The zero-order valence-electron chi connectivity index (χ0n) is 15.7. The van der Waals surface area contributed by atoms with Crippen LogP contribution in [0.1, 0.15) is 20.7 Å². The van der Waals surface area contributed by atoms with Crippen molar-refractivity contribution in [1.82, 2.24) is 4.98 Å². The normalized spacial score (nSPS) is 10.3. The quantitative estimate of drug-likeness (QED) is 0.317. The SMILES string of the molecule is O=C(Nc1cccc(NC(=O)c2ccc(Br)cc2[N+](=O)[O-])n1)c1ccc(Br)cc1[N+](=O)[O-]. The van der Waals surface area contributed by atoms with E-state index < -0.39 is 33.0 Å². The lowest BCUT2D eigenvalue weighted by Crippen LogP contribution is -2.17. The van der Waals surface area contributed by atoms with Crippen LogP contribution in [0.25, 0.3) is 0 Å². The summed E-state index contributed by atoms with van der Waals surface area (Å²) in [6, 6.07) is 12.2. The highest BCUT2D eigenvalue weighted by atomic mass is 79.9. The molecule has 1 aromatic heterocycles. The van der Waals surface area contributed by atoms with Crippen LogP contribution < -0.4 is 10.6 Å². The number of rotatable bonds is 6. The number of nitro benzene ring substituents is 2. The molecular weight excluding hydrogens is 554 g/mol. The number of nitro groups is 2. The largest absolute Gasteiger partial charge is 0.306 e. The Bertz CT molecular complexity index is 1170. The monoisotopic (exact) mass is 563 g/mol. The lowest BCUT2D eigenvalue weighted by Gasteiger charge is -2.09. The molecule has 3 aromatic rings. The molecule has 3 rings (SSSR count). The molecule has 32 heavy (non-hydrogen) atoms. The van der Waals surface area contributed by atoms with Gasteiger partial charge in [0.1, 0.15) is 22.8 Å². The highest BCUT2D eigenvalue weighted by Gasteiger charge is 2.22. The van der Waals surface area contributed by atoms with Gasteiger partial charge in [-0.05, 0) is 36.4 Å². The summed E-state index contributed by atoms with van der Waals surface area (Å²) in [6.07, 6.45) is 0. The van der Waals surface area contributed by atoms with Crippen molar-refractivity contribution in [2.45, 2.75) is 0 Å². The number of hydrogen-bond acceptors (Lipinski definition) is 7. The number of hydrogen-bond donors (Lipinski definition) is 2. The Balaban J connectivity index is 1.81. The van der Waals surface area contributed by atoms with Crippen molar-refractivity contribution < 1.29 is 19.4 Å². The number of anilines is 2. The first-order valence-electron chi connectivity index (χ1n) is 8.63. The molecule has 162 valence electrons. The second-order valence-electron chi connectivity index (χ2n) is 6.15. The summed E-state index contributed by atoms with van der Waals surface area (Å²) in [7, 11) is 0. The summed E-state index contributed by atoms with van der Waals surface area (Å²) in [5, 5.41) is 27.3. The van der Waals surface area contributed by atoms with Crippen LogP contribution in [0.2, 0.25) is 0 Å². The van der Waals surface area contributed by atoms with Crippen LogP contribution in [0.3, 0.4) is 0 Å². The zero-order valence-corrected chi connectivity index (χ0v) is 18.9. The van der Waals surface area contributed by atoms with Crippen molar-refractivity contribution in [1.29, 1.82) is 0 Å². The summed E-state index contributed by atoms with van der Waals surface area (Å²) in [6.45, 7) is 0. The van der Waals surface area contributed by atoms with Crippen LogP contribution in [-0.2, 0) is 0 Å². The standard InChI is InChI=1S/C19H11Br2N5O6/c20-10-4-6-12(14(8-10)25(29)30)18(27)23-16-2-1-3-17(22-16)24-19(28)13-7-5-11(21)9-15(13)26(31)32/h1-9H,(H2,22,23,24,27,28). The molecule has 0 unspecified atom stereocenters. The van der Waals surface area contributed by atoms with Gasteiger partial charge in [0.15, 0.2) is 0 Å². The third kappa shape index (κ3) is 5.31. The number of amides is 2. The van der Waals surface area contributed by atoms with E-state index >= 15 is 0 Å². The van der Waals surface area contributed by atoms with E-state index in [1.54, 1.807) is 0 Å². The number of carbonyl (C=O) groups excluding carboxylic acids is 2. The Morgan fingerprint density at radius 2 is 1.16 bits per heavy atom. The molecule has 0 spiro atoms. The Morgan fingerprint density at radius 1 is 0.750 bits per heavy atom. The van der Waals surface area contributed by atoms with Crippen molar-refractivity contribution in [2.75, 3.05) is 10.6 Å². The summed E-state index contributed by atoms with van der Waals surface area (Å²) in [5.41, 5.74) is -1.16. The number of benzene rings is 2. The minimum Gasteiger partial charge on any atom is -0.306 e. The number of nitrogens with zero attached hydrogens (tertiary/aromatic N) is 3. The molecule has 0 radical (unpaired) electrons. The number of carbonyl (C=O) groups is 2. The molecule has 0 aliphatic heterocycles. The summed E-state index contributed by atoms with van der Waals surface area (Å²) in [5.74, 6) is -1.53. The van der Waals surface area contributed by atoms with Crippen molar-refractivity contribution in [2.24, 2.45) is 0 Å². The summed E-state index contributed by atoms with van der Waals surface area (Å²) >= 11 is 6.23. The highest BCUT2D eigenvalue weighted by Crippen LogP contribution is 2.26. The van der Waals surface area contributed by atoms with Crippen LogP contribution in [-0.4, -0.2) is 26.6 Å². The molecule has 0 saturated carbocycles. The second kappa shape index (κ2) is 9.62. The maximum absolute atomic E-state index is 12.5. The van der Waals surface area contributed by atoms with E-state index in [1.165, 1.54) is 54.6 Å². The minimum atomic E-state index is -0.774. The third-order valence-corrected chi connectivity index (χ3v) is 5.02. The number of halogens is 2. The van der Waals surface area contributed by atoms with E-state index in [9.17, 15) is 29.8 Å². The van der Waals surface area contributed by atoms with Gasteiger partial charge < -0.3 is 10.6 Å². The first-order valence-corrected chi connectivity index (χ1v) is 10.2. The summed E-state index contributed by atoms with van der Waals surface area (Å²) < 4.78 is 0.872. The Labute approximate surface area is 196 Å². The molecule has 11 nitrogen and oxygen atoms in total. The van der Waals surface area contributed by atoms with E-state index in [4.69, 9.17) is 0 Å². The fourth-order valence-electron chi connectivity index (χ4n) is 2.64. The lowest BCUT2D eigenvalue weighted by atomic mass is 10.1. The van der Waals surface area contributed by atoms with E-state index in [2.05, 4.69) is 47.5 Å². The van der Waals surface area contributed by atoms with E-state index in [-0.39, 0.29) is 22.8 Å². The predicted octanol–water partition coefficient (Wildman–Crippen LogP) is 4.93. The molecular formula is C19H11Br2N5O6. The van der Waals surface area contributed by atoms with Crippen LogP contribution in [0, 0.1) is 20.2 Å². The van der Waals surface area contributed by atoms with E-state index in [0.717, 1.165) is 0 Å². The summed E-state index contributed by atoms with van der Waals surface area (Å²) in [4.78, 5) is 50.2. The molecule has 2 amide bonds. The van der Waals surface area contributed by atoms with Gasteiger partial charge in [-0.3, -0.25) is 29.8 Å². The molecule has 2 N–H and O–H groups in total. The molecule has 0 atom stereocenters. The number of nitrogens with one attached hydrogen (secondary N) is 2. The van der Waals surface area contributed by atoms with Gasteiger partial charge in [-0.25, -0.2) is 4.98 Å². The molecule has 2 aromatic carbocycles. The average Bonchev–Trinajstić information content (AvgIpc) is 2.73. The van der Waals surface area contributed by atoms with Gasteiger partial charge >= 0.3 is 0 Å². The van der Waals surface area contributed by atoms with E-state index in [1.807, 2.05) is 0 Å². The van der Waals surface area contributed by atoms with Crippen molar-refractivity contribution in [3.05, 3.63) is 94.9 Å². The maximum atomic E-state index is 12.5. The third-order valence-electron chi connectivity index (χ3n) is 4.03. The molecule has 0 saturated heterocycles. The average molecular weight is 565 g/mol.